The molecule has 2 amide bonds. The highest BCUT2D eigenvalue weighted by Gasteiger charge is 2.49. The maximum absolute atomic E-state index is 14.1. The van der Waals surface area contributed by atoms with Crippen molar-refractivity contribution in [3.63, 3.8) is 0 Å². The molecule has 2 aromatic carbocycles. The molecule has 7 nitrogen and oxygen atoms in total. The number of carbonyl (C=O) groups excluding carboxylic acids is 2. The second-order valence-corrected chi connectivity index (χ2v) is 11.5. The van der Waals surface area contributed by atoms with Gasteiger partial charge in [0.15, 0.2) is 0 Å². The Balaban J connectivity index is 1.16. The normalized spacial score (nSPS) is 27.4. The molecule has 1 aliphatic carbocycles. The van der Waals surface area contributed by atoms with Crippen LogP contribution in [0.4, 0.5) is 0 Å². The standard InChI is InChI=1S/C30H35N5O2/c36-29(23-14-13-20-7-1-2-8-21(20)17-23)35-25-11-4-3-9-22(25)18-26(35)30(37)33-15-5-10-24(19-33)28-32-31-27-12-6-16-34(27)28/h1-2,7-8,13-14,17,22,24-26H,3-6,9-12,15-16,18-19H2/t22-,24?,25-,26-/m0/s1. The fourth-order valence-electron chi connectivity index (χ4n) is 7.52. The molecule has 2 saturated heterocycles. The van der Waals surface area contributed by atoms with E-state index in [1.807, 2.05) is 40.1 Å². The average Bonchev–Trinajstić information content (AvgIpc) is 3.67. The zero-order valence-corrected chi connectivity index (χ0v) is 21.4. The van der Waals surface area contributed by atoms with Crippen LogP contribution in [0.3, 0.4) is 0 Å². The van der Waals surface area contributed by atoms with Crippen molar-refractivity contribution < 1.29 is 9.59 Å². The summed E-state index contributed by atoms with van der Waals surface area (Å²) in [5.74, 6) is 2.94. The van der Waals surface area contributed by atoms with E-state index >= 15 is 0 Å². The number of nitrogens with zero attached hydrogens (tertiary/aromatic N) is 5. The fourth-order valence-corrected chi connectivity index (χ4v) is 7.52. The lowest BCUT2D eigenvalue weighted by Crippen LogP contribution is -2.52. The molecule has 1 unspecified atom stereocenters. The summed E-state index contributed by atoms with van der Waals surface area (Å²) < 4.78 is 2.28. The first-order chi connectivity index (χ1) is 18.2. The van der Waals surface area contributed by atoms with E-state index in [-0.39, 0.29) is 29.8 Å². The number of carbonyl (C=O) groups is 2. The van der Waals surface area contributed by atoms with E-state index in [2.05, 4.69) is 26.9 Å². The number of rotatable bonds is 3. The summed E-state index contributed by atoms with van der Waals surface area (Å²) in [5, 5.41) is 11.1. The topological polar surface area (TPSA) is 71.3 Å². The predicted octanol–water partition coefficient (Wildman–Crippen LogP) is 4.56. The van der Waals surface area contributed by atoms with Crippen LogP contribution in [0, 0.1) is 5.92 Å². The van der Waals surface area contributed by atoms with Gasteiger partial charge >= 0.3 is 0 Å². The van der Waals surface area contributed by atoms with Gasteiger partial charge in [0, 0.05) is 43.6 Å². The van der Waals surface area contributed by atoms with Gasteiger partial charge in [0.2, 0.25) is 5.91 Å². The third kappa shape index (κ3) is 3.94. The molecule has 1 saturated carbocycles. The summed E-state index contributed by atoms with van der Waals surface area (Å²) in [7, 11) is 0. The predicted molar refractivity (Wildman–Crippen MR) is 141 cm³/mol. The Kier molecular flexibility index (Phi) is 5.74. The van der Waals surface area contributed by atoms with Gasteiger partial charge in [0.05, 0.1) is 0 Å². The smallest absolute Gasteiger partial charge is 0.254 e. The number of piperidine rings is 1. The van der Waals surface area contributed by atoms with Crippen molar-refractivity contribution in [3.05, 3.63) is 59.7 Å². The number of aryl methyl sites for hydroxylation is 1. The van der Waals surface area contributed by atoms with Gasteiger partial charge in [-0.1, -0.05) is 43.2 Å². The summed E-state index contributed by atoms with van der Waals surface area (Å²) >= 11 is 0. The summed E-state index contributed by atoms with van der Waals surface area (Å²) in [6.45, 7) is 2.43. The van der Waals surface area contributed by atoms with Crippen LogP contribution < -0.4 is 0 Å². The molecule has 0 spiro atoms. The molecular weight excluding hydrogens is 462 g/mol. The van der Waals surface area contributed by atoms with Crippen LogP contribution in [0.5, 0.6) is 0 Å². The Hall–Kier alpha value is -3.22. The first kappa shape index (κ1) is 22.9. The molecule has 192 valence electrons. The van der Waals surface area contributed by atoms with Crippen molar-refractivity contribution in [2.75, 3.05) is 13.1 Å². The molecule has 37 heavy (non-hydrogen) atoms. The van der Waals surface area contributed by atoms with Crippen molar-refractivity contribution in [1.29, 1.82) is 0 Å². The van der Waals surface area contributed by atoms with Gasteiger partial charge in [0.25, 0.3) is 5.91 Å². The summed E-state index contributed by atoms with van der Waals surface area (Å²) in [4.78, 5) is 32.2. The number of likely N-dealkylation sites (tertiary alicyclic amines) is 2. The highest BCUT2D eigenvalue weighted by atomic mass is 16.2. The van der Waals surface area contributed by atoms with Gasteiger partial charge < -0.3 is 14.4 Å². The SMILES string of the molecule is O=C([C@@H]1C[C@@H]2CCCC[C@@H]2N1C(=O)c1ccc2ccccc2c1)N1CCCC(c2nnc3n2CCC3)C1. The van der Waals surface area contributed by atoms with Crippen molar-refractivity contribution >= 4 is 22.6 Å². The van der Waals surface area contributed by atoms with Crippen LogP contribution in [0.25, 0.3) is 10.8 Å². The number of aromatic nitrogens is 3. The quantitative estimate of drug-likeness (QED) is 0.532. The van der Waals surface area contributed by atoms with E-state index in [4.69, 9.17) is 0 Å². The number of fused-ring (bicyclic) bond motifs is 3. The van der Waals surface area contributed by atoms with Crippen molar-refractivity contribution in [3.8, 4) is 0 Å². The molecule has 3 aliphatic heterocycles. The van der Waals surface area contributed by atoms with Gasteiger partial charge in [-0.25, -0.2) is 0 Å². The molecule has 1 aromatic heterocycles. The molecule has 3 aromatic rings. The lowest BCUT2D eigenvalue weighted by molar-refractivity contribution is -0.137. The number of hydrogen-bond acceptors (Lipinski definition) is 4. The van der Waals surface area contributed by atoms with E-state index in [9.17, 15) is 9.59 Å². The van der Waals surface area contributed by atoms with E-state index in [0.717, 1.165) is 86.9 Å². The maximum atomic E-state index is 14.1. The minimum Gasteiger partial charge on any atom is -0.340 e. The number of benzene rings is 2. The van der Waals surface area contributed by atoms with Crippen LogP contribution in [0.15, 0.2) is 42.5 Å². The van der Waals surface area contributed by atoms with Gasteiger partial charge in [0.1, 0.15) is 17.7 Å². The van der Waals surface area contributed by atoms with E-state index < -0.39 is 0 Å². The van der Waals surface area contributed by atoms with Crippen molar-refractivity contribution in [2.45, 2.75) is 82.3 Å². The number of hydrogen-bond donors (Lipinski definition) is 0. The fraction of sp³-hybridized carbons (Fsp3) is 0.533. The highest BCUT2D eigenvalue weighted by Crippen LogP contribution is 2.42. The Labute approximate surface area is 217 Å². The average molecular weight is 498 g/mol. The van der Waals surface area contributed by atoms with Gasteiger partial charge in [-0.2, -0.15) is 0 Å². The van der Waals surface area contributed by atoms with Gasteiger partial charge in [-0.05, 0) is 67.3 Å². The Bertz CT molecular complexity index is 1350. The molecule has 0 bridgehead atoms. The molecule has 7 heteroatoms. The van der Waals surface area contributed by atoms with Gasteiger partial charge in [-0.3, -0.25) is 9.59 Å². The highest BCUT2D eigenvalue weighted by molar-refractivity contribution is 6.01. The van der Waals surface area contributed by atoms with Crippen LogP contribution >= 0.6 is 0 Å². The lowest BCUT2D eigenvalue weighted by Gasteiger charge is -2.38. The number of amides is 2. The van der Waals surface area contributed by atoms with Crippen molar-refractivity contribution in [1.82, 2.24) is 24.6 Å². The molecule has 4 atom stereocenters. The molecule has 4 aliphatic rings. The van der Waals surface area contributed by atoms with Crippen LogP contribution in [-0.2, 0) is 17.8 Å². The second kappa shape index (κ2) is 9.26. The summed E-state index contributed by atoms with van der Waals surface area (Å²) in [6, 6.07) is 13.9. The summed E-state index contributed by atoms with van der Waals surface area (Å²) in [5.41, 5.74) is 0.693. The lowest BCUT2D eigenvalue weighted by atomic mass is 9.84. The third-order valence-electron chi connectivity index (χ3n) is 9.34. The van der Waals surface area contributed by atoms with E-state index in [1.165, 1.54) is 6.42 Å². The largest absolute Gasteiger partial charge is 0.340 e. The first-order valence-corrected chi connectivity index (χ1v) is 14.2. The molecule has 0 radical (unpaired) electrons. The van der Waals surface area contributed by atoms with E-state index in [1.54, 1.807) is 0 Å². The molecule has 0 N–H and O–H groups in total. The first-order valence-electron chi connectivity index (χ1n) is 14.2. The molecule has 7 rings (SSSR count). The Morgan fingerprint density at radius 2 is 1.73 bits per heavy atom. The third-order valence-corrected chi connectivity index (χ3v) is 9.34. The molecule has 3 fully saturated rings. The van der Waals surface area contributed by atoms with E-state index in [0.29, 0.717) is 18.0 Å². The minimum atomic E-state index is -0.366. The molecule has 4 heterocycles. The van der Waals surface area contributed by atoms with Crippen molar-refractivity contribution in [2.24, 2.45) is 5.92 Å². The minimum absolute atomic E-state index is 0.0161. The maximum Gasteiger partial charge on any atom is 0.254 e. The summed E-state index contributed by atoms with van der Waals surface area (Å²) in [6.07, 6.45) is 9.38. The van der Waals surface area contributed by atoms with Crippen LogP contribution in [0.1, 0.15) is 79.3 Å². The Morgan fingerprint density at radius 3 is 2.65 bits per heavy atom. The van der Waals surface area contributed by atoms with Gasteiger partial charge in [-0.15, -0.1) is 10.2 Å². The zero-order valence-electron chi connectivity index (χ0n) is 21.4. The monoisotopic (exact) mass is 497 g/mol. The zero-order chi connectivity index (χ0) is 24.9. The van der Waals surface area contributed by atoms with Crippen LogP contribution in [-0.4, -0.2) is 61.6 Å². The second-order valence-electron chi connectivity index (χ2n) is 11.5. The Morgan fingerprint density at radius 1 is 0.865 bits per heavy atom. The van der Waals surface area contributed by atoms with Crippen LogP contribution in [0.2, 0.25) is 0 Å². The molecular formula is C30H35N5O2.